The molecule has 2 aromatic rings. The molecule has 0 aliphatic carbocycles. The van der Waals surface area contributed by atoms with Crippen molar-refractivity contribution in [3.63, 3.8) is 0 Å². The number of esters is 1. The molecule has 3 saturated heterocycles. The number of imidazole rings is 1. The van der Waals surface area contributed by atoms with Crippen molar-refractivity contribution in [3.8, 4) is 11.3 Å². The van der Waals surface area contributed by atoms with Gasteiger partial charge in [-0.05, 0) is 73.4 Å². The third-order valence-corrected chi connectivity index (χ3v) is 12.3. The molecule has 5 rings (SSSR count). The van der Waals surface area contributed by atoms with Crippen molar-refractivity contribution in [2.75, 3.05) is 20.6 Å². The number of hydrogen-bond donors (Lipinski definition) is 1. The highest BCUT2D eigenvalue weighted by Crippen LogP contribution is 2.41. The number of aliphatic hydroxyl groups excluding tert-OH is 1. The minimum atomic E-state index is -1.36. The Morgan fingerprint density at radius 1 is 0.927 bits per heavy atom. The minimum Gasteiger partial charge on any atom is -0.458 e. The van der Waals surface area contributed by atoms with Gasteiger partial charge in [0.15, 0.2) is 17.7 Å². The molecule has 0 bridgehead atoms. The fraction of sp³-hybridized carbons (Fsp3) is 0.690. The van der Waals surface area contributed by atoms with Gasteiger partial charge in [-0.1, -0.05) is 58.0 Å². The van der Waals surface area contributed by atoms with Crippen LogP contribution in [0.2, 0.25) is 0 Å². The van der Waals surface area contributed by atoms with Crippen molar-refractivity contribution in [2.24, 2.45) is 29.6 Å². The Hall–Kier alpha value is -3.65. The molecule has 1 unspecified atom stereocenters. The smallest absolute Gasteiger partial charge is 0.410 e. The summed E-state index contributed by atoms with van der Waals surface area (Å²) in [6, 6.07) is 8.99. The largest absolute Gasteiger partial charge is 0.458 e. The number of hydrogen-bond acceptors (Lipinski definition) is 11. The molecule has 3 aliphatic heterocycles. The number of amides is 1. The average Bonchev–Trinajstić information content (AvgIpc) is 3.73. The lowest BCUT2D eigenvalue weighted by Gasteiger charge is -2.44. The fourth-order valence-electron chi connectivity index (χ4n) is 8.90. The number of carbonyl (C=O) groups excluding carboxylic acids is 4. The maximum absolute atomic E-state index is 14.4. The number of aromatic nitrogens is 2. The standard InChI is InChI=1S/C42H62N4O9/c1-24-20-25(2)37(54-40-36(49)33(44(9)10)21-26(3)52-40)27(4)35(48)29(6)39(50)53-30(7)42(8)38(28(5)34(24)47)46(41(51)55-42)19-15-14-18-45-22-32(43-23-45)31-16-12-11-13-17-31/h11-13,16-17,22-30,33,36-38,40,49H,14-15,18-21H2,1-10H3/t24-,25+,26-,27+,28+,29-,30-,33+,36-,37?,38+,40+,42-/m1/s1. The highest BCUT2D eigenvalue weighted by molar-refractivity contribution is 6.00. The lowest BCUT2D eigenvalue weighted by molar-refractivity contribution is -0.278. The van der Waals surface area contributed by atoms with E-state index in [1.807, 2.05) is 87.8 Å². The quantitative estimate of drug-likeness (QED) is 0.199. The summed E-state index contributed by atoms with van der Waals surface area (Å²) in [7, 11) is 3.78. The number of aryl methyl sites for hydroxylation is 1. The summed E-state index contributed by atoms with van der Waals surface area (Å²) in [6.07, 6.45) is 1.63. The van der Waals surface area contributed by atoms with Gasteiger partial charge in [-0.2, -0.15) is 0 Å². The summed E-state index contributed by atoms with van der Waals surface area (Å²) in [5.41, 5.74) is 0.558. The Morgan fingerprint density at radius 2 is 1.60 bits per heavy atom. The fourth-order valence-corrected chi connectivity index (χ4v) is 8.90. The number of unbranched alkanes of at least 4 members (excludes halogenated alkanes) is 1. The molecule has 1 aromatic heterocycles. The number of likely N-dealkylation sites (N-methyl/N-ethyl adjacent to an activating group) is 1. The highest BCUT2D eigenvalue weighted by atomic mass is 16.7. The van der Waals surface area contributed by atoms with Gasteiger partial charge in [0.2, 0.25) is 0 Å². The number of rotatable bonds is 9. The Labute approximate surface area is 326 Å². The van der Waals surface area contributed by atoms with Crippen LogP contribution in [-0.2, 0) is 39.9 Å². The zero-order valence-electron chi connectivity index (χ0n) is 34.2. The Bertz CT molecular complexity index is 1650. The predicted molar refractivity (Wildman–Crippen MR) is 206 cm³/mol. The zero-order valence-corrected chi connectivity index (χ0v) is 34.2. The van der Waals surface area contributed by atoms with E-state index in [1.165, 1.54) is 6.92 Å². The second kappa shape index (κ2) is 17.7. The SMILES string of the molecule is C[C@H]1C(=O)O[C@H](C)[C@@]2(C)OC(=O)N(CCCCn3cnc(-c4ccccc4)c3)[C@H]2[C@@H](C)C(=O)[C@H](C)C[C@H](C)C(O[C@@H]2O[C@H](C)C[C@H](N(C)C)[C@H]2O)[C@@H](C)C1=O. The van der Waals surface area contributed by atoms with E-state index in [4.69, 9.17) is 18.9 Å². The van der Waals surface area contributed by atoms with Gasteiger partial charge >= 0.3 is 12.1 Å². The van der Waals surface area contributed by atoms with Crippen LogP contribution in [-0.4, -0.2) is 117 Å². The summed E-state index contributed by atoms with van der Waals surface area (Å²) in [5, 5.41) is 11.3. The van der Waals surface area contributed by atoms with Gasteiger partial charge in [-0.3, -0.25) is 14.4 Å². The monoisotopic (exact) mass is 766 g/mol. The number of carbonyl (C=O) groups is 4. The van der Waals surface area contributed by atoms with Crippen molar-refractivity contribution < 1.29 is 43.2 Å². The third-order valence-electron chi connectivity index (χ3n) is 12.3. The van der Waals surface area contributed by atoms with E-state index in [0.717, 1.165) is 17.7 Å². The van der Waals surface area contributed by atoms with Gasteiger partial charge in [-0.25, -0.2) is 9.78 Å². The first kappa shape index (κ1) is 42.5. The van der Waals surface area contributed by atoms with E-state index in [0.29, 0.717) is 32.4 Å². The van der Waals surface area contributed by atoms with Crippen molar-refractivity contribution in [1.29, 1.82) is 0 Å². The van der Waals surface area contributed by atoms with E-state index < -0.39 is 72.0 Å². The maximum Gasteiger partial charge on any atom is 0.410 e. The molecular formula is C42H62N4O9. The molecule has 3 aliphatic rings. The van der Waals surface area contributed by atoms with Crippen molar-refractivity contribution in [2.45, 2.75) is 136 Å². The van der Waals surface area contributed by atoms with Crippen LogP contribution in [0, 0.1) is 29.6 Å². The number of ketones is 2. The van der Waals surface area contributed by atoms with E-state index >= 15 is 0 Å². The first-order valence-electron chi connectivity index (χ1n) is 19.9. The van der Waals surface area contributed by atoms with Gasteiger partial charge in [0.05, 0.1) is 30.3 Å². The van der Waals surface area contributed by atoms with Crippen molar-refractivity contribution in [3.05, 3.63) is 42.9 Å². The molecule has 304 valence electrons. The lowest BCUT2D eigenvalue weighted by atomic mass is 9.75. The van der Waals surface area contributed by atoms with Gasteiger partial charge in [0, 0.05) is 48.6 Å². The summed E-state index contributed by atoms with van der Waals surface area (Å²) < 4.78 is 26.7. The van der Waals surface area contributed by atoms with Crippen LogP contribution in [0.25, 0.3) is 11.3 Å². The number of nitrogens with zero attached hydrogens (tertiary/aromatic N) is 4. The number of fused-ring (bicyclic) bond motifs is 1. The molecule has 13 nitrogen and oxygen atoms in total. The number of cyclic esters (lactones) is 1. The Kier molecular flexibility index (Phi) is 13.6. The highest BCUT2D eigenvalue weighted by Gasteiger charge is 2.59. The molecule has 13 heteroatoms. The molecule has 0 spiro atoms. The van der Waals surface area contributed by atoms with Crippen molar-refractivity contribution in [1.82, 2.24) is 19.4 Å². The van der Waals surface area contributed by atoms with E-state index in [2.05, 4.69) is 4.98 Å². The second-order valence-electron chi connectivity index (χ2n) is 16.7. The van der Waals surface area contributed by atoms with Crippen LogP contribution in [0.1, 0.15) is 81.1 Å². The van der Waals surface area contributed by atoms with Crippen LogP contribution in [0.3, 0.4) is 0 Å². The molecule has 4 heterocycles. The molecule has 3 fully saturated rings. The van der Waals surface area contributed by atoms with Crippen LogP contribution < -0.4 is 0 Å². The molecule has 0 saturated carbocycles. The number of ether oxygens (including phenoxy) is 4. The Morgan fingerprint density at radius 3 is 2.27 bits per heavy atom. The van der Waals surface area contributed by atoms with Gasteiger partial charge in [0.25, 0.3) is 0 Å². The first-order valence-corrected chi connectivity index (χ1v) is 19.9. The third kappa shape index (κ3) is 9.16. The molecule has 0 radical (unpaired) electrons. The molecule has 13 atom stereocenters. The van der Waals surface area contributed by atoms with Gasteiger partial charge in [0.1, 0.15) is 23.9 Å². The molecular weight excluding hydrogens is 704 g/mol. The minimum absolute atomic E-state index is 0.0739. The molecule has 1 amide bonds. The summed E-state index contributed by atoms with van der Waals surface area (Å²) >= 11 is 0. The molecule has 1 aromatic carbocycles. The van der Waals surface area contributed by atoms with E-state index in [-0.39, 0.29) is 29.6 Å². The second-order valence-corrected chi connectivity index (χ2v) is 16.7. The molecule has 1 N–H and O–H groups in total. The number of benzene rings is 1. The Balaban J connectivity index is 1.36. The summed E-state index contributed by atoms with van der Waals surface area (Å²) in [6.45, 7) is 15.1. The van der Waals surface area contributed by atoms with Crippen LogP contribution in [0.15, 0.2) is 42.9 Å². The topological polar surface area (TPSA) is 150 Å². The van der Waals surface area contributed by atoms with Gasteiger partial charge < -0.3 is 38.4 Å². The predicted octanol–water partition coefficient (Wildman–Crippen LogP) is 5.38. The van der Waals surface area contributed by atoms with Crippen LogP contribution in [0.4, 0.5) is 4.79 Å². The van der Waals surface area contributed by atoms with Crippen molar-refractivity contribution >= 4 is 23.6 Å². The van der Waals surface area contributed by atoms with E-state index in [1.54, 1.807) is 32.0 Å². The average molecular weight is 767 g/mol. The summed E-state index contributed by atoms with van der Waals surface area (Å²) in [4.78, 5) is 63.9. The van der Waals surface area contributed by atoms with Crippen LogP contribution in [0.5, 0.6) is 0 Å². The normalized spacial score (nSPS) is 36.7. The first-order chi connectivity index (χ1) is 25.9. The number of Topliss-reactive ketones (excluding diaryl/α,β-unsaturated/α-hetero) is 2. The van der Waals surface area contributed by atoms with Gasteiger partial charge in [-0.15, -0.1) is 0 Å². The number of aliphatic hydroxyl groups is 1. The van der Waals surface area contributed by atoms with Crippen LogP contribution >= 0.6 is 0 Å². The zero-order chi connectivity index (χ0) is 40.4. The summed E-state index contributed by atoms with van der Waals surface area (Å²) in [5.74, 6) is -4.67. The maximum atomic E-state index is 14.4. The molecule has 55 heavy (non-hydrogen) atoms. The van der Waals surface area contributed by atoms with E-state index in [9.17, 15) is 24.3 Å². The lowest BCUT2D eigenvalue weighted by Crippen LogP contribution is -2.57.